The molecule has 0 saturated carbocycles. The smallest absolute Gasteiger partial charge is 0.255 e. The Bertz CT molecular complexity index is 1280. The molecule has 0 spiro atoms. The summed E-state index contributed by atoms with van der Waals surface area (Å²) in [5.41, 5.74) is 5.61. The summed E-state index contributed by atoms with van der Waals surface area (Å²) >= 11 is 7.56. The highest BCUT2D eigenvalue weighted by atomic mass is 35.5. The van der Waals surface area contributed by atoms with Crippen LogP contribution < -0.4 is 5.32 Å². The van der Waals surface area contributed by atoms with Gasteiger partial charge in [-0.15, -0.1) is 11.3 Å². The van der Waals surface area contributed by atoms with Gasteiger partial charge in [0.15, 0.2) is 0 Å². The number of likely N-dealkylation sites (tertiary alicyclic amines) is 1. The molecule has 2 aromatic heterocycles. The van der Waals surface area contributed by atoms with E-state index in [4.69, 9.17) is 11.6 Å². The Balaban J connectivity index is 1.32. The van der Waals surface area contributed by atoms with E-state index in [2.05, 4.69) is 27.3 Å². The third-order valence-electron chi connectivity index (χ3n) is 5.94. The summed E-state index contributed by atoms with van der Waals surface area (Å²) < 4.78 is 0.755. The molecule has 1 aliphatic heterocycles. The van der Waals surface area contributed by atoms with Crippen LogP contribution in [0.1, 0.15) is 34.3 Å². The molecule has 162 valence electrons. The van der Waals surface area contributed by atoms with Crippen molar-refractivity contribution in [3.63, 3.8) is 0 Å². The van der Waals surface area contributed by atoms with E-state index in [0.29, 0.717) is 5.56 Å². The number of fused-ring (bicyclic) bond motifs is 1. The molecule has 0 atom stereocenters. The van der Waals surface area contributed by atoms with Crippen LogP contribution >= 0.6 is 22.9 Å². The number of anilines is 1. The molecular weight excluding hydrogens is 438 g/mol. The van der Waals surface area contributed by atoms with E-state index in [1.54, 1.807) is 0 Å². The Morgan fingerprint density at radius 2 is 1.88 bits per heavy atom. The summed E-state index contributed by atoms with van der Waals surface area (Å²) in [6.07, 6.45) is 4.53. The van der Waals surface area contributed by atoms with Crippen molar-refractivity contribution in [1.82, 2.24) is 9.88 Å². The monoisotopic (exact) mass is 461 g/mol. The van der Waals surface area contributed by atoms with Crippen molar-refractivity contribution >= 4 is 45.4 Å². The minimum atomic E-state index is -0.131. The standard InChI is InChI=1S/C26H24ClN3OS/c1-17-12-21-13-18(16-30-10-2-3-11-30)15-28-23(21)14-22(17)29-26(31)20-6-4-19(5-7-20)24-8-9-25(27)32-24/h4-9,12-15H,2-3,10-11,16H2,1H3,(H,29,31). The lowest BCUT2D eigenvalue weighted by atomic mass is 10.1. The van der Waals surface area contributed by atoms with E-state index in [-0.39, 0.29) is 5.91 Å². The molecule has 0 bridgehead atoms. The molecule has 0 radical (unpaired) electrons. The number of rotatable bonds is 5. The zero-order valence-corrected chi connectivity index (χ0v) is 19.5. The fourth-order valence-corrected chi connectivity index (χ4v) is 5.25. The molecular formula is C26H24ClN3OS. The zero-order chi connectivity index (χ0) is 22.1. The van der Waals surface area contributed by atoms with Gasteiger partial charge in [-0.05, 0) is 92.0 Å². The maximum absolute atomic E-state index is 12.8. The third kappa shape index (κ3) is 4.56. The molecule has 2 aromatic carbocycles. The molecule has 32 heavy (non-hydrogen) atoms. The van der Waals surface area contributed by atoms with Gasteiger partial charge in [0.2, 0.25) is 0 Å². The Labute approximate surface area is 196 Å². The van der Waals surface area contributed by atoms with Gasteiger partial charge >= 0.3 is 0 Å². The molecule has 3 heterocycles. The van der Waals surface area contributed by atoms with Crippen LogP contribution in [0, 0.1) is 6.92 Å². The maximum Gasteiger partial charge on any atom is 0.255 e. The first-order valence-corrected chi connectivity index (χ1v) is 12.0. The highest BCUT2D eigenvalue weighted by molar-refractivity contribution is 7.19. The minimum Gasteiger partial charge on any atom is -0.322 e. The van der Waals surface area contributed by atoms with E-state index in [9.17, 15) is 4.79 Å². The highest BCUT2D eigenvalue weighted by Crippen LogP contribution is 2.31. The second kappa shape index (κ2) is 9.02. The fourth-order valence-electron chi connectivity index (χ4n) is 4.21. The van der Waals surface area contributed by atoms with Gasteiger partial charge in [-0.3, -0.25) is 14.7 Å². The number of aromatic nitrogens is 1. The Morgan fingerprint density at radius 1 is 1.09 bits per heavy atom. The lowest BCUT2D eigenvalue weighted by molar-refractivity contribution is 0.102. The molecule has 1 amide bonds. The van der Waals surface area contributed by atoms with E-state index in [1.807, 2.05) is 55.6 Å². The summed E-state index contributed by atoms with van der Waals surface area (Å²) in [6.45, 7) is 5.31. The summed E-state index contributed by atoms with van der Waals surface area (Å²) in [5.74, 6) is -0.131. The Hall–Kier alpha value is -2.73. The number of aryl methyl sites for hydroxylation is 1. The van der Waals surface area contributed by atoms with Crippen LogP contribution in [0.2, 0.25) is 4.34 Å². The average Bonchev–Trinajstić information content (AvgIpc) is 3.46. The van der Waals surface area contributed by atoms with Crippen molar-refractivity contribution in [2.45, 2.75) is 26.3 Å². The second-order valence-electron chi connectivity index (χ2n) is 8.32. The van der Waals surface area contributed by atoms with Crippen LogP contribution in [0.15, 0.2) is 60.8 Å². The first-order chi connectivity index (χ1) is 15.5. The van der Waals surface area contributed by atoms with Crippen LogP contribution in [0.25, 0.3) is 21.3 Å². The van der Waals surface area contributed by atoms with Crippen molar-refractivity contribution in [3.05, 3.63) is 81.8 Å². The number of nitrogens with one attached hydrogen (secondary N) is 1. The zero-order valence-electron chi connectivity index (χ0n) is 17.9. The maximum atomic E-state index is 12.8. The molecule has 1 saturated heterocycles. The van der Waals surface area contributed by atoms with Crippen molar-refractivity contribution in [1.29, 1.82) is 0 Å². The molecule has 0 aliphatic carbocycles. The van der Waals surface area contributed by atoms with Crippen LogP contribution in [0.3, 0.4) is 0 Å². The normalized spacial score (nSPS) is 14.2. The van der Waals surface area contributed by atoms with Crippen LogP contribution in [-0.2, 0) is 6.54 Å². The number of carbonyl (C=O) groups is 1. The number of amides is 1. The van der Waals surface area contributed by atoms with Crippen LogP contribution in [-0.4, -0.2) is 28.9 Å². The number of nitrogens with zero attached hydrogens (tertiary/aromatic N) is 2. The molecule has 1 fully saturated rings. The molecule has 4 nitrogen and oxygen atoms in total. The average molecular weight is 462 g/mol. The Morgan fingerprint density at radius 3 is 2.59 bits per heavy atom. The van der Waals surface area contributed by atoms with E-state index < -0.39 is 0 Å². The topological polar surface area (TPSA) is 45.2 Å². The third-order valence-corrected chi connectivity index (χ3v) is 7.22. The van der Waals surface area contributed by atoms with Gasteiger partial charge in [0.25, 0.3) is 5.91 Å². The molecule has 5 rings (SSSR count). The van der Waals surface area contributed by atoms with Gasteiger partial charge in [-0.25, -0.2) is 0 Å². The SMILES string of the molecule is Cc1cc2cc(CN3CCCC3)cnc2cc1NC(=O)c1ccc(-c2ccc(Cl)s2)cc1. The van der Waals surface area contributed by atoms with Crippen LogP contribution in [0.5, 0.6) is 0 Å². The number of hydrogen-bond donors (Lipinski definition) is 1. The number of halogens is 1. The summed E-state index contributed by atoms with van der Waals surface area (Å²) in [5, 5.41) is 4.16. The highest BCUT2D eigenvalue weighted by Gasteiger charge is 2.14. The number of pyridine rings is 1. The van der Waals surface area contributed by atoms with Crippen LogP contribution in [0.4, 0.5) is 5.69 Å². The van der Waals surface area contributed by atoms with Gasteiger partial charge < -0.3 is 5.32 Å². The molecule has 4 aromatic rings. The minimum absolute atomic E-state index is 0.131. The van der Waals surface area contributed by atoms with E-state index >= 15 is 0 Å². The lowest BCUT2D eigenvalue weighted by Gasteiger charge is -2.15. The van der Waals surface area contributed by atoms with Gasteiger partial charge in [0, 0.05) is 34.3 Å². The predicted octanol–water partition coefficient (Wildman–Crippen LogP) is 6.77. The van der Waals surface area contributed by atoms with Gasteiger partial charge in [-0.2, -0.15) is 0 Å². The number of hydrogen-bond acceptors (Lipinski definition) is 4. The molecule has 1 N–H and O–H groups in total. The second-order valence-corrected chi connectivity index (χ2v) is 10.0. The van der Waals surface area contributed by atoms with Crippen molar-refractivity contribution in [2.24, 2.45) is 0 Å². The van der Waals surface area contributed by atoms with E-state index in [0.717, 1.165) is 43.5 Å². The number of carbonyl (C=O) groups excluding carboxylic acids is 1. The van der Waals surface area contributed by atoms with Gasteiger partial charge in [0.05, 0.1) is 9.85 Å². The Kier molecular flexibility index (Phi) is 5.96. The van der Waals surface area contributed by atoms with E-state index in [1.165, 1.54) is 42.8 Å². The molecule has 0 unspecified atom stereocenters. The summed E-state index contributed by atoms with van der Waals surface area (Å²) in [4.78, 5) is 21.1. The summed E-state index contributed by atoms with van der Waals surface area (Å²) in [7, 11) is 0. The molecule has 1 aliphatic rings. The van der Waals surface area contributed by atoms with Crippen molar-refractivity contribution < 1.29 is 4.79 Å². The first-order valence-electron chi connectivity index (χ1n) is 10.8. The summed E-state index contributed by atoms with van der Waals surface area (Å²) in [6, 6.07) is 17.8. The van der Waals surface area contributed by atoms with Crippen molar-refractivity contribution in [2.75, 3.05) is 18.4 Å². The number of benzene rings is 2. The fraction of sp³-hybridized carbons (Fsp3) is 0.231. The van der Waals surface area contributed by atoms with Gasteiger partial charge in [0.1, 0.15) is 0 Å². The van der Waals surface area contributed by atoms with Crippen molar-refractivity contribution in [3.8, 4) is 10.4 Å². The number of thiophene rings is 1. The lowest BCUT2D eigenvalue weighted by Crippen LogP contribution is -2.18. The largest absolute Gasteiger partial charge is 0.322 e. The molecule has 6 heteroatoms. The quantitative estimate of drug-likeness (QED) is 0.356. The predicted molar refractivity (Wildman–Crippen MR) is 134 cm³/mol. The van der Waals surface area contributed by atoms with Gasteiger partial charge in [-0.1, -0.05) is 23.7 Å². The first kappa shape index (κ1) is 21.1.